The van der Waals surface area contributed by atoms with Crippen molar-refractivity contribution >= 4 is 11.9 Å². The maximum atomic E-state index is 11.7. The smallest absolute Gasteiger partial charge is 0.326 e. The Labute approximate surface area is 125 Å². The zero-order valence-electron chi connectivity index (χ0n) is 12.8. The van der Waals surface area contributed by atoms with Gasteiger partial charge in [-0.2, -0.15) is 0 Å². The predicted molar refractivity (Wildman–Crippen MR) is 80.3 cm³/mol. The Bertz CT molecular complexity index is 468. The highest BCUT2D eigenvalue weighted by molar-refractivity contribution is 5.84. The average molecular weight is 293 g/mol. The first-order valence-corrected chi connectivity index (χ1v) is 7.16. The Morgan fingerprint density at radius 3 is 2.33 bits per heavy atom. The fourth-order valence-electron chi connectivity index (χ4n) is 1.90. The van der Waals surface area contributed by atoms with Crippen molar-refractivity contribution in [3.05, 3.63) is 29.8 Å². The van der Waals surface area contributed by atoms with Crippen LogP contribution in [0, 0.1) is 5.92 Å². The third-order valence-corrected chi connectivity index (χ3v) is 3.04. The van der Waals surface area contributed by atoms with Crippen molar-refractivity contribution in [3.63, 3.8) is 0 Å². The molecule has 0 fully saturated rings. The third-order valence-electron chi connectivity index (χ3n) is 3.04. The maximum Gasteiger partial charge on any atom is 0.326 e. The number of carbonyl (C=O) groups excluding carboxylic acids is 1. The molecule has 1 aromatic carbocycles. The number of aliphatic carboxylic acids is 1. The van der Waals surface area contributed by atoms with Gasteiger partial charge in [0.15, 0.2) is 6.61 Å². The van der Waals surface area contributed by atoms with Crippen molar-refractivity contribution in [1.82, 2.24) is 5.32 Å². The van der Waals surface area contributed by atoms with Crippen molar-refractivity contribution in [2.75, 3.05) is 6.61 Å². The summed E-state index contributed by atoms with van der Waals surface area (Å²) in [6, 6.07) is 6.60. The predicted octanol–water partition coefficient (Wildman–Crippen LogP) is 2.24. The van der Waals surface area contributed by atoms with Crippen LogP contribution in [0.5, 0.6) is 5.75 Å². The zero-order valence-corrected chi connectivity index (χ0v) is 12.8. The maximum absolute atomic E-state index is 11.7. The fraction of sp³-hybridized carbons (Fsp3) is 0.500. The Hall–Kier alpha value is -2.04. The number of carboxylic acids is 1. The van der Waals surface area contributed by atoms with Gasteiger partial charge in [-0.15, -0.1) is 0 Å². The van der Waals surface area contributed by atoms with E-state index in [9.17, 15) is 9.59 Å². The van der Waals surface area contributed by atoms with Gasteiger partial charge in [0.1, 0.15) is 11.8 Å². The number of amides is 1. The Morgan fingerprint density at radius 2 is 1.86 bits per heavy atom. The number of nitrogens with one attached hydrogen (secondary N) is 1. The molecule has 0 bridgehead atoms. The molecule has 1 amide bonds. The summed E-state index contributed by atoms with van der Waals surface area (Å²) >= 11 is 0. The van der Waals surface area contributed by atoms with Crippen molar-refractivity contribution < 1.29 is 19.4 Å². The van der Waals surface area contributed by atoms with Gasteiger partial charge in [-0.3, -0.25) is 4.79 Å². The molecule has 0 saturated carbocycles. The number of benzene rings is 1. The molecule has 1 aromatic rings. The SMILES string of the molecule is CCc1ccc(OCC(=O)NC(CC(C)C)C(=O)O)cc1. The van der Waals surface area contributed by atoms with Gasteiger partial charge in [0.05, 0.1) is 0 Å². The zero-order chi connectivity index (χ0) is 15.8. The molecular formula is C16H23NO4. The number of aryl methyl sites for hydroxylation is 1. The van der Waals surface area contributed by atoms with Gasteiger partial charge in [-0.05, 0) is 36.5 Å². The minimum Gasteiger partial charge on any atom is -0.484 e. The number of hydrogen-bond acceptors (Lipinski definition) is 3. The van der Waals surface area contributed by atoms with E-state index in [2.05, 4.69) is 12.2 Å². The summed E-state index contributed by atoms with van der Waals surface area (Å²) in [5.74, 6) is -0.668. The van der Waals surface area contributed by atoms with Crippen molar-refractivity contribution in [1.29, 1.82) is 0 Å². The highest BCUT2D eigenvalue weighted by Crippen LogP contribution is 2.12. The fourth-order valence-corrected chi connectivity index (χ4v) is 1.90. The lowest BCUT2D eigenvalue weighted by molar-refractivity contribution is -0.142. The van der Waals surface area contributed by atoms with Crippen LogP contribution in [0.3, 0.4) is 0 Å². The minimum absolute atomic E-state index is 0.187. The summed E-state index contributed by atoms with van der Waals surface area (Å²) < 4.78 is 5.35. The molecule has 0 aliphatic heterocycles. The van der Waals surface area contributed by atoms with E-state index in [1.54, 1.807) is 12.1 Å². The van der Waals surface area contributed by atoms with Crippen LogP contribution in [0.1, 0.15) is 32.8 Å². The molecule has 0 aromatic heterocycles. The first kappa shape index (κ1) is 17.0. The normalized spacial score (nSPS) is 12.0. The molecule has 1 rings (SSSR count). The average Bonchev–Trinajstić information content (AvgIpc) is 2.44. The molecule has 0 aliphatic rings. The van der Waals surface area contributed by atoms with Gasteiger partial charge < -0.3 is 15.2 Å². The van der Waals surface area contributed by atoms with E-state index in [4.69, 9.17) is 9.84 Å². The first-order chi connectivity index (χ1) is 9.92. The second kappa shape index (κ2) is 8.29. The quantitative estimate of drug-likeness (QED) is 0.770. The summed E-state index contributed by atoms with van der Waals surface area (Å²) in [5, 5.41) is 11.5. The minimum atomic E-state index is -1.02. The topological polar surface area (TPSA) is 75.6 Å². The van der Waals surface area contributed by atoms with Crippen LogP contribution in [0.4, 0.5) is 0 Å². The van der Waals surface area contributed by atoms with Crippen LogP contribution in [0.25, 0.3) is 0 Å². The van der Waals surface area contributed by atoms with Crippen LogP contribution in [0.15, 0.2) is 24.3 Å². The molecule has 2 N–H and O–H groups in total. The van der Waals surface area contributed by atoms with Crippen LogP contribution in [0.2, 0.25) is 0 Å². The monoisotopic (exact) mass is 293 g/mol. The van der Waals surface area contributed by atoms with Crippen molar-refractivity contribution in [2.45, 2.75) is 39.7 Å². The summed E-state index contributed by atoms with van der Waals surface area (Å²) in [6.07, 6.45) is 1.34. The van der Waals surface area contributed by atoms with Gasteiger partial charge in [0.2, 0.25) is 0 Å². The number of carboxylic acid groups (broad SMARTS) is 1. The summed E-state index contributed by atoms with van der Waals surface area (Å²) in [6.45, 7) is 5.69. The summed E-state index contributed by atoms with van der Waals surface area (Å²) in [5.41, 5.74) is 1.19. The standard InChI is InChI=1S/C16H23NO4/c1-4-12-5-7-13(8-6-12)21-10-15(18)17-14(16(19)20)9-11(2)3/h5-8,11,14H,4,9-10H2,1-3H3,(H,17,18)(H,19,20). The lowest BCUT2D eigenvalue weighted by Crippen LogP contribution is -2.43. The van der Waals surface area contributed by atoms with E-state index >= 15 is 0 Å². The summed E-state index contributed by atoms with van der Waals surface area (Å²) in [7, 11) is 0. The number of carbonyl (C=O) groups is 2. The Morgan fingerprint density at radius 1 is 1.24 bits per heavy atom. The van der Waals surface area contributed by atoms with E-state index in [1.165, 1.54) is 5.56 Å². The molecular weight excluding hydrogens is 270 g/mol. The molecule has 5 nitrogen and oxygen atoms in total. The van der Waals surface area contributed by atoms with Gasteiger partial charge in [0, 0.05) is 0 Å². The number of rotatable bonds is 8. The molecule has 0 radical (unpaired) electrons. The highest BCUT2D eigenvalue weighted by Gasteiger charge is 2.21. The molecule has 21 heavy (non-hydrogen) atoms. The summed E-state index contributed by atoms with van der Waals surface area (Å²) in [4.78, 5) is 22.8. The lowest BCUT2D eigenvalue weighted by atomic mass is 10.0. The second-order valence-corrected chi connectivity index (χ2v) is 5.37. The molecule has 0 spiro atoms. The molecule has 0 heterocycles. The third kappa shape index (κ3) is 6.29. The van der Waals surface area contributed by atoms with Gasteiger partial charge in [-0.1, -0.05) is 32.9 Å². The van der Waals surface area contributed by atoms with Gasteiger partial charge in [0.25, 0.3) is 5.91 Å². The molecule has 116 valence electrons. The van der Waals surface area contributed by atoms with Crippen molar-refractivity contribution in [3.8, 4) is 5.75 Å². The Kier molecular flexibility index (Phi) is 6.72. The molecule has 0 aliphatic carbocycles. The van der Waals surface area contributed by atoms with Crippen LogP contribution in [-0.2, 0) is 16.0 Å². The van der Waals surface area contributed by atoms with Crippen LogP contribution >= 0.6 is 0 Å². The van der Waals surface area contributed by atoms with E-state index in [0.29, 0.717) is 12.2 Å². The Balaban J connectivity index is 2.46. The lowest BCUT2D eigenvalue weighted by Gasteiger charge is -2.16. The van der Waals surface area contributed by atoms with E-state index in [0.717, 1.165) is 6.42 Å². The molecule has 1 atom stereocenters. The van der Waals surface area contributed by atoms with Gasteiger partial charge in [-0.25, -0.2) is 4.79 Å². The van der Waals surface area contributed by atoms with Crippen LogP contribution < -0.4 is 10.1 Å². The first-order valence-electron chi connectivity index (χ1n) is 7.16. The molecule has 5 heteroatoms. The van der Waals surface area contributed by atoms with Gasteiger partial charge >= 0.3 is 5.97 Å². The van der Waals surface area contributed by atoms with E-state index in [1.807, 2.05) is 26.0 Å². The van der Waals surface area contributed by atoms with Crippen LogP contribution in [-0.4, -0.2) is 29.6 Å². The number of ether oxygens (including phenoxy) is 1. The molecule has 0 saturated heterocycles. The highest BCUT2D eigenvalue weighted by atomic mass is 16.5. The van der Waals surface area contributed by atoms with Crippen molar-refractivity contribution in [2.24, 2.45) is 5.92 Å². The number of hydrogen-bond donors (Lipinski definition) is 2. The van der Waals surface area contributed by atoms with E-state index in [-0.39, 0.29) is 12.5 Å². The largest absolute Gasteiger partial charge is 0.484 e. The molecule has 1 unspecified atom stereocenters. The second-order valence-electron chi connectivity index (χ2n) is 5.37. The van der Waals surface area contributed by atoms with E-state index < -0.39 is 17.9 Å².